The minimum absolute atomic E-state index is 0.193. The van der Waals surface area contributed by atoms with Crippen molar-refractivity contribution in [3.8, 4) is 11.5 Å². The van der Waals surface area contributed by atoms with E-state index in [-0.39, 0.29) is 17.8 Å². The van der Waals surface area contributed by atoms with Crippen molar-refractivity contribution in [2.24, 2.45) is 21.5 Å². The van der Waals surface area contributed by atoms with Gasteiger partial charge in [0.2, 0.25) is 17.8 Å². The van der Waals surface area contributed by atoms with Crippen LogP contribution in [0, 0.1) is 0 Å². The summed E-state index contributed by atoms with van der Waals surface area (Å²) in [5.74, 6) is 0.703. The molecule has 3 aromatic rings. The third-order valence-electron chi connectivity index (χ3n) is 5.76. The van der Waals surface area contributed by atoms with Gasteiger partial charge in [0.05, 0.1) is 22.2 Å². The van der Waals surface area contributed by atoms with Crippen LogP contribution in [0.5, 0.6) is 0 Å². The van der Waals surface area contributed by atoms with E-state index in [2.05, 4.69) is 9.98 Å². The zero-order chi connectivity index (χ0) is 20.7. The maximum Gasteiger partial charge on any atom is 0.347 e. The molecule has 0 unspecified atom stereocenters. The zero-order valence-corrected chi connectivity index (χ0v) is 16.4. The van der Waals surface area contributed by atoms with E-state index in [0.717, 1.165) is 37.8 Å². The van der Waals surface area contributed by atoms with Crippen LogP contribution in [0.15, 0.2) is 67.7 Å². The molecule has 2 heterocycles. The Labute approximate surface area is 172 Å². The highest BCUT2D eigenvalue weighted by Crippen LogP contribution is 2.42. The lowest BCUT2D eigenvalue weighted by molar-refractivity contribution is 0.305. The van der Waals surface area contributed by atoms with Gasteiger partial charge in [-0.2, -0.15) is 4.99 Å². The molecule has 1 aliphatic carbocycles. The number of para-hydroxylation sites is 2. The number of hydrogen-bond acceptors (Lipinski definition) is 8. The van der Waals surface area contributed by atoms with Crippen LogP contribution in [0.2, 0.25) is 0 Å². The van der Waals surface area contributed by atoms with Gasteiger partial charge in [-0.1, -0.05) is 30.7 Å². The van der Waals surface area contributed by atoms with Crippen LogP contribution in [0.4, 0.5) is 5.69 Å². The highest BCUT2D eigenvalue weighted by Gasteiger charge is 2.43. The summed E-state index contributed by atoms with van der Waals surface area (Å²) in [6.45, 7) is 0. The Morgan fingerprint density at radius 1 is 0.967 bits per heavy atom. The van der Waals surface area contributed by atoms with E-state index in [1.165, 1.54) is 0 Å². The van der Waals surface area contributed by atoms with Crippen LogP contribution in [-0.2, 0) is 0 Å². The number of nitrogens with zero attached hydrogens (tertiary/aromatic N) is 4. The lowest BCUT2D eigenvalue weighted by Gasteiger charge is -2.46. The van der Waals surface area contributed by atoms with Gasteiger partial charge in [0.15, 0.2) is 0 Å². The molecular weight excluding hydrogens is 380 g/mol. The van der Waals surface area contributed by atoms with Crippen molar-refractivity contribution in [3.05, 3.63) is 59.0 Å². The summed E-state index contributed by atoms with van der Waals surface area (Å²) in [5.41, 5.74) is 13.3. The number of guanidine groups is 2. The molecule has 0 amide bonds. The van der Waals surface area contributed by atoms with Crippen LogP contribution in [0.25, 0.3) is 22.4 Å². The molecule has 0 atom stereocenters. The number of hydrogen-bond donors (Lipinski definition) is 2. The first-order valence-corrected chi connectivity index (χ1v) is 10.1. The Balaban J connectivity index is 1.70. The van der Waals surface area contributed by atoms with Gasteiger partial charge < -0.3 is 15.9 Å². The molecule has 0 radical (unpaired) electrons. The standard InChI is InChI=1S/C22H22N6O2/c23-20-26-21(24)28(22(27-20)12-6-1-7-13-22)17-11-5-3-9-15(17)18-25-16-10-4-2-8-14(16)19(29)30-18/h2-5,8-11H,1,6-7,12-13H2,(H4,23,24,26,27). The number of aromatic nitrogens is 1. The molecule has 0 saturated heterocycles. The van der Waals surface area contributed by atoms with Gasteiger partial charge in [-0.05, 0) is 49.9 Å². The summed E-state index contributed by atoms with van der Waals surface area (Å²) >= 11 is 0. The first-order chi connectivity index (χ1) is 14.6. The summed E-state index contributed by atoms with van der Waals surface area (Å²) in [6, 6.07) is 14.7. The average molecular weight is 402 g/mol. The average Bonchev–Trinajstić information content (AvgIpc) is 2.74. The summed E-state index contributed by atoms with van der Waals surface area (Å²) in [7, 11) is 0. The third-order valence-corrected chi connectivity index (χ3v) is 5.76. The Kier molecular flexibility index (Phi) is 4.27. The number of rotatable bonds is 2. The fourth-order valence-electron chi connectivity index (χ4n) is 4.45. The molecule has 0 bridgehead atoms. The van der Waals surface area contributed by atoms with E-state index >= 15 is 0 Å². The number of nitrogens with two attached hydrogens (primary N) is 2. The lowest BCUT2D eigenvalue weighted by Crippen LogP contribution is -2.58. The zero-order valence-electron chi connectivity index (χ0n) is 16.4. The molecule has 1 saturated carbocycles. The maximum atomic E-state index is 12.6. The molecule has 8 nitrogen and oxygen atoms in total. The van der Waals surface area contributed by atoms with Crippen LogP contribution in [0.1, 0.15) is 32.1 Å². The van der Waals surface area contributed by atoms with Crippen molar-refractivity contribution in [1.29, 1.82) is 0 Å². The molecule has 30 heavy (non-hydrogen) atoms. The van der Waals surface area contributed by atoms with Gasteiger partial charge in [-0.3, -0.25) is 4.90 Å². The van der Waals surface area contributed by atoms with Gasteiger partial charge in [0.1, 0.15) is 5.66 Å². The molecular formula is C22H22N6O2. The van der Waals surface area contributed by atoms with Crippen LogP contribution >= 0.6 is 0 Å². The first-order valence-electron chi connectivity index (χ1n) is 10.1. The fraction of sp³-hybridized carbons (Fsp3) is 0.273. The normalized spacial score (nSPS) is 18.3. The Morgan fingerprint density at radius 3 is 2.53 bits per heavy atom. The molecule has 1 aromatic heterocycles. The van der Waals surface area contributed by atoms with E-state index in [0.29, 0.717) is 16.5 Å². The molecule has 1 aliphatic heterocycles. The molecule has 8 heteroatoms. The van der Waals surface area contributed by atoms with Crippen molar-refractivity contribution < 1.29 is 4.42 Å². The third kappa shape index (κ3) is 2.92. The Bertz CT molecular complexity index is 1240. The molecule has 2 aromatic carbocycles. The van der Waals surface area contributed by atoms with Crippen molar-refractivity contribution >= 4 is 28.5 Å². The maximum absolute atomic E-state index is 12.6. The van der Waals surface area contributed by atoms with Crippen molar-refractivity contribution in [3.63, 3.8) is 0 Å². The van der Waals surface area contributed by atoms with Gasteiger partial charge >= 0.3 is 5.63 Å². The van der Waals surface area contributed by atoms with Gasteiger partial charge in [0.25, 0.3) is 0 Å². The molecule has 152 valence electrons. The largest absolute Gasteiger partial charge is 0.403 e. The number of fused-ring (bicyclic) bond motifs is 1. The minimum atomic E-state index is -0.596. The highest BCUT2D eigenvalue weighted by atomic mass is 16.4. The highest BCUT2D eigenvalue weighted by molar-refractivity contribution is 6.07. The first kappa shape index (κ1) is 18.4. The number of aliphatic imine (C=N–C) groups is 2. The van der Waals surface area contributed by atoms with E-state index in [1.807, 2.05) is 35.2 Å². The number of anilines is 1. The molecule has 2 aliphatic rings. The molecule has 1 spiro atoms. The molecule has 4 N–H and O–H groups in total. The fourth-order valence-corrected chi connectivity index (χ4v) is 4.45. The second-order valence-electron chi connectivity index (χ2n) is 7.66. The van der Waals surface area contributed by atoms with Crippen molar-refractivity contribution in [2.75, 3.05) is 4.90 Å². The second kappa shape index (κ2) is 6.98. The van der Waals surface area contributed by atoms with Crippen molar-refractivity contribution in [1.82, 2.24) is 4.98 Å². The quantitative estimate of drug-likeness (QED) is 0.679. The Morgan fingerprint density at radius 2 is 1.70 bits per heavy atom. The summed E-state index contributed by atoms with van der Waals surface area (Å²) in [6.07, 6.45) is 4.81. The van der Waals surface area contributed by atoms with Gasteiger partial charge in [-0.25, -0.2) is 14.8 Å². The summed E-state index contributed by atoms with van der Waals surface area (Å²) in [5, 5.41) is 0.443. The minimum Gasteiger partial charge on any atom is -0.403 e. The van der Waals surface area contributed by atoms with E-state index in [1.54, 1.807) is 18.2 Å². The van der Waals surface area contributed by atoms with E-state index < -0.39 is 11.3 Å². The molecule has 5 rings (SSSR count). The van der Waals surface area contributed by atoms with Crippen molar-refractivity contribution in [2.45, 2.75) is 37.8 Å². The SMILES string of the molecule is NC1=NC2(CCCCC2)N(c2ccccc2-c2nc3ccccc3c(=O)o2)C(N)=N1. The summed E-state index contributed by atoms with van der Waals surface area (Å²) < 4.78 is 5.61. The smallest absolute Gasteiger partial charge is 0.347 e. The van der Waals surface area contributed by atoms with Crippen LogP contribution in [-0.4, -0.2) is 22.6 Å². The summed E-state index contributed by atoms with van der Waals surface area (Å²) in [4.78, 5) is 28.0. The predicted octanol–water partition coefficient (Wildman–Crippen LogP) is 2.96. The monoisotopic (exact) mass is 402 g/mol. The Hall–Kier alpha value is -3.68. The van der Waals surface area contributed by atoms with E-state index in [9.17, 15) is 4.79 Å². The van der Waals surface area contributed by atoms with Crippen LogP contribution in [0.3, 0.4) is 0 Å². The topological polar surface area (TPSA) is 123 Å². The van der Waals surface area contributed by atoms with Crippen LogP contribution < -0.4 is 22.0 Å². The van der Waals surface area contributed by atoms with Gasteiger partial charge in [-0.15, -0.1) is 0 Å². The predicted molar refractivity (Wildman–Crippen MR) is 117 cm³/mol. The lowest BCUT2D eigenvalue weighted by atomic mass is 9.87. The van der Waals surface area contributed by atoms with E-state index in [4.69, 9.17) is 20.9 Å². The number of benzene rings is 2. The van der Waals surface area contributed by atoms with Gasteiger partial charge in [0, 0.05) is 0 Å². The molecule has 1 fully saturated rings. The second-order valence-corrected chi connectivity index (χ2v) is 7.66.